The summed E-state index contributed by atoms with van der Waals surface area (Å²) in [6.07, 6.45) is 5.05. The van der Waals surface area contributed by atoms with Crippen molar-refractivity contribution in [2.24, 2.45) is 5.73 Å². The van der Waals surface area contributed by atoms with Crippen molar-refractivity contribution < 1.29 is 0 Å². The molecule has 0 fully saturated rings. The quantitative estimate of drug-likeness (QED) is 0.858. The van der Waals surface area contributed by atoms with Crippen molar-refractivity contribution in [1.82, 2.24) is 9.97 Å². The Morgan fingerprint density at radius 2 is 1.78 bits per heavy atom. The van der Waals surface area contributed by atoms with Gasteiger partial charge in [-0.3, -0.25) is 4.98 Å². The maximum atomic E-state index is 6.23. The Bertz CT molecular complexity index is 525. The number of nitrogens with two attached hydrogens (primary N) is 2. The van der Waals surface area contributed by atoms with Crippen LogP contribution in [0.3, 0.4) is 0 Å². The summed E-state index contributed by atoms with van der Waals surface area (Å²) in [4.78, 5) is 8.46. The molecule has 1 unspecified atom stereocenters. The van der Waals surface area contributed by atoms with Gasteiger partial charge in [0.1, 0.15) is 5.82 Å². The Balaban J connectivity index is 2.22. The fraction of sp³-hybridized carbons (Fsp3) is 0.286. The third-order valence-corrected chi connectivity index (χ3v) is 3.02. The van der Waals surface area contributed by atoms with Gasteiger partial charge in [-0.15, -0.1) is 0 Å². The van der Waals surface area contributed by atoms with E-state index in [0.29, 0.717) is 12.2 Å². The van der Waals surface area contributed by atoms with E-state index >= 15 is 0 Å². The van der Waals surface area contributed by atoms with E-state index in [2.05, 4.69) is 23.0 Å². The van der Waals surface area contributed by atoms with Crippen molar-refractivity contribution in [3.63, 3.8) is 0 Å². The van der Waals surface area contributed by atoms with Crippen LogP contribution in [0.4, 0.5) is 5.82 Å². The molecule has 4 nitrogen and oxygen atoms in total. The number of pyridine rings is 2. The maximum absolute atomic E-state index is 6.23. The highest BCUT2D eigenvalue weighted by molar-refractivity contribution is 5.39. The minimum atomic E-state index is -0.146. The van der Waals surface area contributed by atoms with E-state index in [1.165, 1.54) is 5.56 Å². The number of rotatable bonds is 4. The molecule has 0 amide bonds. The van der Waals surface area contributed by atoms with Gasteiger partial charge in [-0.1, -0.05) is 19.1 Å². The van der Waals surface area contributed by atoms with Crippen molar-refractivity contribution in [3.8, 4) is 0 Å². The van der Waals surface area contributed by atoms with Crippen LogP contribution in [0.15, 0.2) is 36.7 Å². The number of anilines is 1. The fourth-order valence-electron chi connectivity index (χ4n) is 2.04. The topological polar surface area (TPSA) is 77.8 Å². The highest BCUT2D eigenvalue weighted by atomic mass is 14.8. The molecule has 4 N–H and O–H groups in total. The van der Waals surface area contributed by atoms with E-state index < -0.39 is 0 Å². The summed E-state index contributed by atoms with van der Waals surface area (Å²) in [5, 5.41) is 0. The molecule has 18 heavy (non-hydrogen) atoms. The van der Waals surface area contributed by atoms with E-state index in [0.717, 1.165) is 17.7 Å². The fourth-order valence-corrected chi connectivity index (χ4v) is 2.04. The third-order valence-electron chi connectivity index (χ3n) is 3.02. The third kappa shape index (κ3) is 2.65. The Morgan fingerprint density at radius 3 is 2.44 bits per heavy atom. The molecule has 0 aliphatic carbocycles. The monoisotopic (exact) mass is 242 g/mol. The lowest BCUT2D eigenvalue weighted by molar-refractivity contribution is 0.685. The van der Waals surface area contributed by atoms with Crippen LogP contribution in [0.5, 0.6) is 0 Å². The molecule has 0 spiro atoms. The van der Waals surface area contributed by atoms with Crippen molar-refractivity contribution in [1.29, 1.82) is 0 Å². The Labute approximate surface area is 107 Å². The molecule has 2 aromatic rings. The molecule has 1 atom stereocenters. The molecule has 0 saturated heterocycles. The lowest BCUT2D eigenvalue weighted by atomic mass is 9.99. The van der Waals surface area contributed by atoms with E-state index in [9.17, 15) is 0 Å². The minimum absolute atomic E-state index is 0.146. The summed E-state index contributed by atoms with van der Waals surface area (Å²) in [7, 11) is 0. The average molecular weight is 242 g/mol. The van der Waals surface area contributed by atoms with Gasteiger partial charge in [0.25, 0.3) is 0 Å². The summed E-state index contributed by atoms with van der Waals surface area (Å²) in [5.41, 5.74) is 15.2. The first-order valence-electron chi connectivity index (χ1n) is 6.11. The summed E-state index contributed by atoms with van der Waals surface area (Å²) in [5.74, 6) is 0.543. The zero-order valence-corrected chi connectivity index (χ0v) is 10.5. The standard InChI is InChI=1S/C14H18N4/c1-2-10-5-3-7-17-13(10)12(15)9-11-6-4-8-18-14(11)16/h3-8,12H,2,9,15H2,1H3,(H2,16,18). The second-order valence-electron chi connectivity index (χ2n) is 4.26. The van der Waals surface area contributed by atoms with E-state index in [-0.39, 0.29) is 6.04 Å². The van der Waals surface area contributed by atoms with Crippen LogP contribution in [0.25, 0.3) is 0 Å². The molecule has 0 bridgehead atoms. The molecule has 0 aromatic carbocycles. The van der Waals surface area contributed by atoms with Crippen molar-refractivity contribution >= 4 is 5.82 Å². The molecule has 4 heteroatoms. The summed E-state index contributed by atoms with van der Waals surface area (Å²) >= 11 is 0. The lowest BCUT2D eigenvalue weighted by Gasteiger charge is -2.15. The number of nitrogen functional groups attached to an aromatic ring is 1. The van der Waals surface area contributed by atoms with E-state index in [1.54, 1.807) is 12.4 Å². The molecule has 0 radical (unpaired) electrons. The molecule has 94 valence electrons. The van der Waals surface area contributed by atoms with Gasteiger partial charge in [-0.25, -0.2) is 4.98 Å². The Kier molecular flexibility index (Phi) is 3.89. The minimum Gasteiger partial charge on any atom is -0.383 e. The number of aromatic nitrogens is 2. The van der Waals surface area contributed by atoms with Crippen LogP contribution < -0.4 is 11.5 Å². The predicted octanol–water partition coefficient (Wildman–Crippen LogP) is 1.86. The Hall–Kier alpha value is -1.94. The van der Waals surface area contributed by atoms with Gasteiger partial charge in [0, 0.05) is 12.4 Å². The average Bonchev–Trinajstić information content (AvgIpc) is 2.41. The van der Waals surface area contributed by atoms with Gasteiger partial charge < -0.3 is 11.5 Å². The Morgan fingerprint density at radius 1 is 1.11 bits per heavy atom. The van der Waals surface area contributed by atoms with E-state index in [1.807, 2.05) is 18.2 Å². The summed E-state index contributed by atoms with van der Waals surface area (Å²) in [6.45, 7) is 2.10. The van der Waals surface area contributed by atoms with E-state index in [4.69, 9.17) is 11.5 Å². The molecule has 2 heterocycles. The number of hydrogen-bond acceptors (Lipinski definition) is 4. The van der Waals surface area contributed by atoms with Crippen LogP contribution >= 0.6 is 0 Å². The lowest BCUT2D eigenvalue weighted by Crippen LogP contribution is -2.17. The molecule has 2 aromatic heterocycles. The molecular weight excluding hydrogens is 224 g/mol. The highest BCUT2D eigenvalue weighted by Crippen LogP contribution is 2.20. The normalized spacial score (nSPS) is 12.3. The van der Waals surface area contributed by atoms with Gasteiger partial charge in [-0.05, 0) is 36.1 Å². The van der Waals surface area contributed by atoms with Crippen LogP contribution in [-0.2, 0) is 12.8 Å². The second-order valence-corrected chi connectivity index (χ2v) is 4.26. The first-order valence-corrected chi connectivity index (χ1v) is 6.11. The number of nitrogens with zero attached hydrogens (tertiary/aromatic N) is 2. The highest BCUT2D eigenvalue weighted by Gasteiger charge is 2.13. The van der Waals surface area contributed by atoms with Gasteiger partial charge in [0.05, 0.1) is 11.7 Å². The van der Waals surface area contributed by atoms with Gasteiger partial charge in [0.15, 0.2) is 0 Å². The van der Waals surface area contributed by atoms with Crippen LogP contribution in [-0.4, -0.2) is 9.97 Å². The summed E-state index contributed by atoms with van der Waals surface area (Å²) in [6, 6.07) is 7.68. The second kappa shape index (κ2) is 5.60. The van der Waals surface area contributed by atoms with Gasteiger partial charge in [0.2, 0.25) is 0 Å². The van der Waals surface area contributed by atoms with Crippen LogP contribution in [0, 0.1) is 0 Å². The first kappa shape index (κ1) is 12.5. The van der Waals surface area contributed by atoms with Gasteiger partial charge >= 0.3 is 0 Å². The molecule has 0 saturated carbocycles. The molecular formula is C14H18N4. The van der Waals surface area contributed by atoms with Crippen molar-refractivity contribution in [3.05, 3.63) is 53.5 Å². The van der Waals surface area contributed by atoms with Crippen molar-refractivity contribution in [2.45, 2.75) is 25.8 Å². The smallest absolute Gasteiger partial charge is 0.126 e. The largest absolute Gasteiger partial charge is 0.383 e. The summed E-state index contributed by atoms with van der Waals surface area (Å²) < 4.78 is 0. The number of hydrogen-bond donors (Lipinski definition) is 2. The maximum Gasteiger partial charge on any atom is 0.126 e. The van der Waals surface area contributed by atoms with Gasteiger partial charge in [-0.2, -0.15) is 0 Å². The molecule has 2 rings (SSSR count). The molecule has 0 aliphatic rings. The van der Waals surface area contributed by atoms with Crippen LogP contribution in [0.1, 0.15) is 29.8 Å². The van der Waals surface area contributed by atoms with Crippen LogP contribution in [0.2, 0.25) is 0 Å². The molecule has 0 aliphatic heterocycles. The number of aryl methyl sites for hydroxylation is 1. The zero-order valence-electron chi connectivity index (χ0n) is 10.5. The van der Waals surface area contributed by atoms with Crippen molar-refractivity contribution in [2.75, 3.05) is 5.73 Å². The SMILES string of the molecule is CCc1cccnc1C(N)Cc1cccnc1N. The first-order chi connectivity index (χ1) is 8.72. The predicted molar refractivity (Wildman–Crippen MR) is 72.9 cm³/mol. The zero-order chi connectivity index (χ0) is 13.0.